The quantitative estimate of drug-likeness (QED) is 0.640. The first kappa shape index (κ1) is 14.9. The summed E-state index contributed by atoms with van der Waals surface area (Å²) in [5, 5.41) is 18.4. The summed E-state index contributed by atoms with van der Waals surface area (Å²) >= 11 is 0. The van der Waals surface area contributed by atoms with Gasteiger partial charge in [0, 0.05) is 0 Å². The molecule has 94 valence electrons. The predicted octanol–water partition coefficient (Wildman–Crippen LogP) is 1.96. The van der Waals surface area contributed by atoms with E-state index in [-0.39, 0.29) is 0 Å². The molecule has 0 saturated carbocycles. The van der Waals surface area contributed by atoms with Crippen molar-refractivity contribution in [1.29, 1.82) is 0 Å². The van der Waals surface area contributed by atoms with Crippen LogP contribution in [0.25, 0.3) is 11.1 Å². The van der Waals surface area contributed by atoms with E-state index in [4.69, 9.17) is 0 Å². The Morgan fingerprint density at radius 2 is 1.33 bits per heavy atom. The first-order chi connectivity index (χ1) is 8.70. The summed E-state index contributed by atoms with van der Waals surface area (Å²) in [4.78, 5) is 0. The van der Waals surface area contributed by atoms with Gasteiger partial charge in [-0.15, -0.1) is 8.58 Å². The van der Waals surface area contributed by atoms with Gasteiger partial charge in [0.05, 0.1) is 0 Å². The van der Waals surface area contributed by atoms with Gasteiger partial charge in [-0.05, 0) is 29.9 Å². The van der Waals surface area contributed by atoms with E-state index in [0.717, 1.165) is 19.7 Å². The van der Waals surface area contributed by atoms with Gasteiger partial charge in [-0.1, -0.05) is 54.6 Å². The number of benzene rings is 2. The topological polar surface area (TPSA) is 40.5 Å². The van der Waals surface area contributed by atoms with E-state index in [0.29, 0.717) is 5.46 Å². The maximum absolute atomic E-state index is 9.22. The molecule has 0 spiro atoms. The average molecular weight is 260 g/mol. The van der Waals surface area contributed by atoms with Crippen LogP contribution < -0.4 is 5.46 Å². The molecule has 2 aromatic carbocycles. The summed E-state index contributed by atoms with van der Waals surface area (Å²) in [6.45, 7) is 4.31. The molecular weight excluding hydrogens is 242 g/mol. The lowest BCUT2D eigenvalue weighted by Gasteiger charge is -2.08. The lowest BCUT2D eigenvalue weighted by atomic mass is 9.75. The lowest BCUT2D eigenvalue weighted by Crippen LogP contribution is -2.31. The Morgan fingerprint density at radius 1 is 0.833 bits per heavy atom. The summed E-state index contributed by atoms with van der Waals surface area (Å²) < 4.78 is 0. The molecule has 0 atom stereocenters. The molecule has 0 amide bonds. The van der Waals surface area contributed by atoms with E-state index in [1.165, 1.54) is 0 Å². The minimum atomic E-state index is -1.43. The highest BCUT2D eigenvalue weighted by atomic mass is 31.1. The second-order valence-corrected chi connectivity index (χ2v) is 4.83. The molecule has 18 heavy (non-hydrogen) atoms. The van der Waals surface area contributed by atoms with Crippen LogP contribution in [0, 0.1) is 0 Å². The molecule has 0 aliphatic heterocycles. The van der Waals surface area contributed by atoms with Crippen LogP contribution in [0.2, 0.25) is 0 Å². The Kier molecular flexibility index (Phi) is 6.67. The first-order valence-electron chi connectivity index (χ1n) is 5.79. The minimum absolute atomic E-state index is 0.531. The van der Waals surface area contributed by atoms with E-state index in [1.807, 2.05) is 42.5 Å². The normalized spacial score (nSPS) is 9.33. The van der Waals surface area contributed by atoms with Crippen LogP contribution >= 0.6 is 8.58 Å². The van der Waals surface area contributed by atoms with Crippen LogP contribution in [0.4, 0.5) is 0 Å². The van der Waals surface area contributed by atoms with Gasteiger partial charge in [0.1, 0.15) is 0 Å². The summed E-state index contributed by atoms with van der Waals surface area (Å²) in [6, 6.07) is 16.9. The first-order valence-corrected chi connectivity index (χ1v) is 7.79. The van der Waals surface area contributed by atoms with Crippen LogP contribution in [-0.2, 0) is 0 Å². The van der Waals surface area contributed by atoms with Gasteiger partial charge in [-0.25, -0.2) is 0 Å². The van der Waals surface area contributed by atoms with E-state index in [2.05, 4.69) is 13.3 Å². The molecule has 0 saturated heterocycles. The number of rotatable bonds is 2. The predicted molar refractivity (Wildman–Crippen MR) is 81.9 cm³/mol. The average Bonchev–Trinajstić information content (AvgIpc) is 2.40. The fourth-order valence-corrected chi connectivity index (χ4v) is 1.60. The van der Waals surface area contributed by atoms with Gasteiger partial charge >= 0.3 is 7.12 Å². The van der Waals surface area contributed by atoms with Crippen LogP contribution in [0.3, 0.4) is 0 Å². The van der Waals surface area contributed by atoms with Crippen molar-refractivity contribution in [3.05, 3.63) is 54.6 Å². The van der Waals surface area contributed by atoms with Crippen LogP contribution in [0.15, 0.2) is 54.6 Å². The van der Waals surface area contributed by atoms with Gasteiger partial charge in [0.25, 0.3) is 0 Å². The van der Waals surface area contributed by atoms with Crippen LogP contribution in [-0.4, -0.2) is 30.5 Å². The third-order valence-corrected chi connectivity index (χ3v) is 2.32. The monoisotopic (exact) mass is 260 g/mol. The van der Waals surface area contributed by atoms with Gasteiger partial charge in [0.2, 0.25) is 0 Å². The van der Waals surface area contributed by atoms with Crippen molar-refractivity contribution in [2.45, 2.75) is 0 Å². The van der Waals surface area contributed by atoms with Crippen LogP contribution in [0.5, 0.6) is 0 Å². The molecule has 0 unspecified atom stereocenters. The third kappa shape index (κ3) is 4.27. The molecule has 0 radical (unpaired) electrons. The number of hydrogen-bond acceptors (Lipinski definition) is 2. The zero-order chi connectivity index (χ0) is 13.4. The molecule has 2 rings (SSSR count). The highest BCUT2D eigenvalue weighted by molar-refractivity contribution is 7.35. The highest BCUT2D eigenvalue weighted by Crippen LogP contribution is 2.16. The van der Waals surface area contributed by atoms with Crippen LogP contribution in [0.1, 0.15) is 0 Å². The molecule has 0 fully saturated rings. The van der Waals surface area contributed by atoms with Crippen molar-refractivity contribution in [2.75, 3.05) is 13.3 Å². The van der Waals surface area contributed by atoms with Crippen molar-refractivity contribution >= 4 is 21.2 Å². The Labute approximate surface area is 111 Å². The van der Waals surface area contributed by atoms with Crippen molar-refractivity contribution in [3.63, 3.8) is 0 Å². The van der Waals surface area contributed by atoms with Gasteiger partial charge in [-0.2, -0.15) is 0 Å². The third-order valence-electron chi connectivity index (χ3n) is 2.32. The number of hydrogen-bond donors (Lipinski definition) is 2. The lowest BCUT2D eigenvalue weighted by molar-refractivity contribution is 0.426. The molecule has 0 heterocycles. The molecule has 4 heteroatoms. The SMILES string of the molecule is CPC.OB(O)c1ccccc1-c1ccccc1. The smallest absolute Gasteiger partial charge is 0.423 e. The van der Waals surface area contributed by atoms with Gasteiger partial charge < -0.3 is 10.0 Å². The van der Waals surface area contributed by atoms with Gasteiger partial charge in [-0.3, -0.25) is 0 Å². The maximum Gasteiger partial charge on any atom is 0.489 e. The molecule has 2 aromatic rings. The van der Waals surface area contributed by atoms with E-state index >= 15 is 0 Å². The molecule has 0 aliphatic rings. The second-order valence-electron chi connectivity index (χ2n) is 3.83. The Bertz CT molecular complexity index is 460. The summed E-state index contributed by atoms with van der Waals surface area (Å²) in [7, 11) is -0.346. The zero-order valence-corrected chi connectivity index (χ0v) is 11.7. The Hall–Kier alpha value is -1.15. The van der Waals surface area contributed by atoms with Crippen molar-refractivity contribution < 1.29 is 10.0 Å². The van der Waals surface area contributed by atoms with Crippen molar-refractivity contribution in [2.24, 2.45) is 0 Å². The van der Waals surface area contributed by atoms with E-state index in [1.54, 1.807) is 12.1 Å². The highest BCUT2D eigenvalue weighted by Gasteiger charge is 2.15. The summed E-state index contributed by atoms with van der Waals surface area (Å²) in [5.74, 6) is 0. The fraction of sp³-hybridized carbons (Fsp3) is 0.143. The molecule has 0 aliphatic carbocycles. The molecule has 0 aromatic heterocycles. The zero-order valence-electron chi connectivity index (χ0n) is 10.7. The summed E-state index contributed by atoms with van der Waals surface area (Å²) in [5.41, 5.74) is 2.37. The van der Waals surface area contributed by atoms with Crippen molar-refractivity contribution in [3.8, 4) is 11.1 Å². The molecule has 2 nitrogen and oxygen atoms in total. The molecule has 2 N–H and O–H groups in total. The van der Waals surface area contributed by atoms with E-state index < -0.39 is 7.12 Å². The van der Waals surface area contributed by atoms with Gasteiger partial charge in [0.15, 0.2) is 0 Å². The van der Waals surface area contributed by atoms with Crippen molar-refractivity contribution in [1.82, 2.24) is 0 Å². The Morgan fingerprint density at radius 3 is 1.89 bits per heavy atom. The molecular formula is C14H18BO2P. The van der Waals surface area contributed by atoms with E-state index in [9.17, 15) is 10.0 Å². The fourth-order valence-electron chi connectivity index (χ4n) is 1.60. The second kappa shape index (κ2) is 8.04. The standard InChI is InChI=1S/C12H11BO2.C2H7P/c14-13(15)12-9-5-4-8-11(12)10-6-2-1-3-7-10;1-3-2/h1-9,14-15H;3H,1-2H3. The maximum atomic E-state index is 9.22. The summed E-state index contributed by atoms with van der Waals surface area (Å²) in [6.07, 6.45) is 0. The largest absolute Gasteiger partial charge is 0.489 e. The minimum Gasteiger partial charge on any atom is -0.423 e. The Balaban J connectivity index is 0.000000492. The molecule has 0 bridgehead atoms.